The average molecular weight is 401 g/mol. The zero-order valence-corrected chi connectivity index (χ0v) is 16.8. The third-order valence-corrected chi connectivity index (χ3v) is 5.92. The summed E-state index contributed by atoms with van der Waals surface area (Å²) in [6.45, 7) is 3.84. The van der Waals surface area contributed by atoms with Crippen molar-refractivity contribution >= 4 is 32.5 Å². The van der Waals surface area contributed by atoms with Crippen LogP contribution in [-0.2, 0) is 14.8 Å². The Morgan fingerprint density at radius 3 is 2.50 bits per heavy atom. The van der Waals surface area contributed by atoms with E-state index in [1.807, 2.05) is 31.2 Å². The first-order valence-electron chi connectivity index (χ1n) is 8.82. The molecule has 148 valence electrons. The zero-order chi connectivity index (χ0) is 20.3. The van der Waals surface area contributed by atoms with Crippen LogP contribution in [0.2, 0.25) is 0 Å². The Morgan fingerprint density at radius 2 is 1.82 bits per heavy atom. The van der Waals surface area contributed by atoms with Crippen LogP contribution >= 0.6 is 0 Å². The number of hydrogen-bond donors (Lipinski definition) is 3. The molecule has 0 spiro atoms. The van der Waals surface area contributed by atoms with E-state index in [0.29, 0.717) is 11.3 Å². The summed E-state index contributed by atoms with van der Waals surface area (Å²) < 4.78 is 32.2. The lowest BCUT2D eigenvalue weighted by Gasteiger charge is -2.13. The molecule has 0 radical (unpaired) electrons. The van der Waals surface area contributed by atoms with Gasteiger partial charge >= 0.3 is 0 Å². The molecule has 1 atom stereocenters. The Morgan fingerprint density at radius 1 is 1.14 bits per heavy atom. The van der Waals surface area contributed by atoms with Crippen LogP contribution < -0.4 is 10.0 Å². The lowest BCUT2D eigenvalue weighted by atomic mass is 10.1. The fourth-order valence-electron chi connectivity index (χ4n) is 3.10. The van der Waals surface area contributed by atoms with Gasteiger partial charge < -0.3 is 15.0 Å². The van der Waals surface area contributed by atoms with Gasteiger partial charge in [0.25, 0.3) is 5.91 Å². The second-order valence-corrected chi connectivity index (χ2v) is 8.34. The Balaban J connectivity index is 1.77. The Labute approximate surface area is 164 Å². The highest BCUT2D eigenvalue weighted by molar-refractivity contribution is 7.89. The number of fused-ring (bicyclic) bond motifs is 1. The summed E-state index contributed by atoms with van der Waals surface area (Å²) in [5, 5.41) is 3.66. The number of carbonyl (C=O) groups is 1. The van der Waals surface area contributed by atoms with E-state index in [-0.39, 0.29) is 23.5 Å². The van der Waals surface area contributed by atoms with Crippen molar-refractivity contribution in [1.29, 1.82) is 0 Å². The van der Waals surface area contributed by atoms with Crippen LogP contribution in [0.4, 0.5) is 5.69 Å². The first kappa shape index (κ1) is 20.1. The van der Waals surface area contributed by atoms with E-state index in [1.165, 1.54) is 19.2 Å². The standard InChI is InChI=1S/C20H23N3O4S/c1-13(12-27-3)23-28(25,26)16-10-8-15(9-11-16)22-20(24)19-14(2)21-18-7-5-4-6-17(18)19/h4-11,13,21,23H,12H2,1-3H3,(H,22,24). The first-order chi connectivity index (χ1) is 13.3. The van der Waals surface area contributed by atoms with Crippen LogP contribution in [0.15, 0.2) is 53.4 Å². The molecule has 1 unspecified atom stereocenters. The number of methoxy groups -OCH3 is 1. The van der Waals surface area contributed by atoms with Crippen molar-refractivity contribution in [2.45, 2.75) is 24.8 Å². The fraction of sp³-hybridized carbons (Fsp3) is 0.250. The van der Waals surface area contributed by atoms with Gasteiger partial charge in [0.15, 0.2) is 0 Å². The van der Waals surface area contributed by atoms with Gasteiger partial charge in [0, 0.05) is 35.4 Å². The number of hydrogen-bond acceptors (Lipinski definition) is 4. The molecule has 0 fully saturated rings. The maximum absolute atomic E-state index is 12.7. The molecule has 0 saturated carbocycles. The Hall–Kier alpha value is -2.68. The van der Waals surface area contributed by atoms with E-state index in [2.05, 4.69) is 15.0 Å². The number of aryl methyl sites for hydroxylation is 1. The number of ether oxygens (including phenoxy) is 1. The summed E-state index contributed by atoms with van der Waals surface area (Å²) in [5.74, 6) is -0.252. The summed E-state index contributed by atoms with van der Waals surface area (Å²) in [4.78, 5) is 16.0. The van der Waals surface area contributed by atoms with E-state index in [1.54, 1.807) is 19.1 Å². The molecular weight excluding hydrogens is 378 g/mol. The van der Waals surface area contributed by atoms with Crippen LogP contribution in [0, 0.1) is 6.92 Å². The van der Waals surface area contributed by atoms with E-state index in [9.17, 15) is 13.2 Å². The minimum Gasteiger partial charge on any atom is -0.383 e. The van der Waals surface area contributed by atoms with Gasteiger partial charge in [-0.3, -0.25) is 4.79 Å². The molecule has 8 heteroatoms. The van der Waals surface area contributed by atoms with Crippen molar-refractivity contribution in [2.24, 2.45) is 0 Å². The molecule has 0 aliphatic rings. The average Bonchev–Trinajstić information content (AvgIpc) is 2.97. The largest absolute Gasteiger partial charge is 0.383 e. The molecule has 7 nitrogen and oxygen atoms in total. The number of nitrogens with one attached hydrogen (secondary N) is 3. The van der Waals surface area contributed by atoms with Gasteiger partial charge in [0.1, 0.15) is 0 Å². The number of anilines is 1. The highest BCUT2D eigenvalue weighted by Crippen LogP contribution is 2.23. The number of rotatable bonds is 7. The predicted molar refractivity (Wildman–Crippen MR) is 109 cm³/mol. The molecule has 0 aliphatic carbocycles. The SMILES string of the molecule is COCC(C)NS(=O)(=O)c1ccc(NC(=O)c2c(C)[nH]c3ccccc23)cc1. The number of aromatic nitrogens is 1. The number of amides is 1. The number of carbonyl (C=O) groups excluding carboxylic acids is 1. The van der Waals surface area contributed by atoms with Crippen molar-refractivity contribution in [3.8, 4) is 0 Å². The maximum Gasteiger partial charge on any atom is 0.258 e. The van der Waals surface area contributed by atoms with Gasteiger partial charge in [-0.2, -0.15) is 0 Å². The van der Waals surface area contributed by atoms with Gasteiger partial charge in [0.05, 0.1) is 17.1 Å². The summed E-state index contributed by atoms with van der Waals surface area (Å²) in [6.07, 6.45) is 0. The Kier molecular flexibility index (Phi) is 5.83. The third kappa shape index (κ3) is 4.24. The summed E-state index contributed by atoms with van der Waals surface area (Å²) in [7, 11) is -2.14. The topological polar surface area (TPSA) is 100 Å². The smallest absolute Gasteiger partial charge is 0.258 e. The number of benzene rings is 2. The van der Waals surface area contributed by atoms with E-state index in [4.69, 9.17) is 4.74 Å². The minimum absolute atomic E-state index is 0.122. The van der Waals surface area contributed by atoms with Crippen molar-refractivity contribution in [3.63, 3.8) is 0 Å². The molecule has 0 aliphatic heterocycles. The minimum atomic E-state index is -3.65. The lowest BCUT2D eigenvalue weighted by Crippen LogP contribution is -2.35. The normalized spacial score (nSPS) is 12.8. The molecule has 1 heterocycles. The van der Waals surface area contributed by atoms with Gasteiger partial charge in [-0.15, -0.1) is 0 Å². The number of sulfonamides is 1. The molecule has 0 bridgehead atoms. The van der Waals surface area contributed by atoms with Crippen molar-refractivity contribution < 1.29 is 17.9 Å². The van der Waals surface area contributed by atoms with E-state index >= 15 is 0 Å². The van der Waals surface area contributed by atoms with Crippen LogP contribution in [0.5, 0.6) is 0 Å². The molecule has 1 aromatic heterocycles. The molecule has 2 aromatic carbocycles. The van der Waals surface area contributed by atoms with E-state index < -0.39 is 10.0 Å². The fourth-order valence-corrected chi connectivity index (χ4v) is 4.33. The molecule has 28 heavy (non-hydrogen) atoms. The number of H-pyrrole nitrogens is 1. The monoisotopic (exact) mass is 401 g/mol. The van der Waals surface area contributed by atoms with Crippen LogP contribution in [0.1, 0.15) is 23.0 Å². The van der Waals surface area contributed by atoms with Gasteiger partial charge in [-0.25, -0.2) is 13.1 Å². The second-order valence-electron chi connectivity index (χ2n) is 6.63. The Bertz CT molecular complexity index is 1090. The lowest BCUT2D eigenvalue weighted by molar-refractivity contribution is 0.102. The van der Waals surface area contributed by atoms with Gasteiger partial charge in [-0.05, 0) is 44.2 Å². The summed E-state index contributed by atoms with van der Waals surface area (Å²) in [6, 6.07) is 13.3. The van der Waals surface area contributed by atoms with Crippen LogP contribution in [0.3, 0.4) is 0 Å². The maximum atomic E-state index is 12.7. The summed E-state index contributed by atoms with van der Waals surface area (Å²) in [5.41, 5.74) is 2.75. The van der Waals surface area contributed by atoms with Crippen LogP contribution in [0.25, 0.3) is 10.9 Å². The highest BCUT2D eigenvalue weighted by Gasteiger charge is 2.19. The quantitative estimate of drug-likeness (QED) is 0.566. The molecule has 0 saturated heterocycles. The van der Waals surface area contributed by atoms with Crippen molar-refractivity contribution in [1.82, 2.24) is 9.71 Å². The van der Waals surface area contributed by atoms with Crippen molar-refractivity contribution in [3.05, 3.63) is 59.8 Å². The molecular formula is C20H23N3O4S. The molecule has 3 rings (SSSR count). The predicted octanol–water partition coefficient (Wildman–Crippen LogP) is 3.04. The van der Waals surface area contributed by atoms with E-state index in [0.717, 1.165) is 16.6 Å². The first-order valence-corrected chi connectivity index (χ1v) is 10.3. The third-order valence-electron chi connectivity index (χ3n) is 4.32. The molecule has 1 amide bonds. The van der Waals surface area contributed by atoms with Crippen LogP contribution in [-0.4, -0.2) is 39.1 Å². The summed E-state index contributed by atoms with van der Waals surface area (Å²) >= 11 is 0. The second kappa shape index (κ2) is 8.14. The number of para-hydroxylation sites is 1. The van der Waals surface area contributed by atoms with Gasteiger partial charge in [-0.1, -0.05) is 18.2 Å². The highest BCUT2D eigenvalue weighted by atomic mass is 32.2. The van der Waals surface area contributed by atoms with Gasteiger partial charge in [0.2, 0.25) is 10.0 Å². The van der Waals surface area contributed by atoms with Crippen molar-refractivity contribution in [2.75, 3.05) is 19.0 Å². The molecule has 3 N–H and O–H groups in total. The zero-order valence-electron chi connectivity index (χ0n) is 15.9. The molecule has 3 aromatic rings. The number of aromatic amines is 1.